The maximum absolute atomic E-state index is 12.7. The van der Waals surface area contributed by atoms with Crippen LogP contribution in [0.4, 0.5) is 0 Å². The summed E-state index contributed by atoms with van der Waals surface area (Å²) in [4.78, 5) is 25.0. The van der Waals surface area contributed by atoms with Gasteiger partial charge in [0.15, 0.2) is 0 Å². The van der Waals surface area contributed by atoms with Gasteiger partial charge in [-0.1, -0.05) is 200 Å². The van der Waals surface area contributed by atoms with E-state index in [-0.39, 0.29) is 25.8 Å². The molecule has 0 spiro atoms. The number of esters is 1. The Hall–Kier alpha value is -0.500. The number of carbonyl (C=O) groups excluding carboxylic acids is 1. The van der Waals surface area contributed by atoms with Crippen LogP contribution in [0.25, 0.3) is 0 Å². The largest absolute Gasteiger partial charge is 0.756 e. The van der Waals surface area contributed by atoms with E-state index in [0.717, 1.165) is 32.1 Å². The number of rotatable bonds is 43. The SMILES string of the molecule is CCCCCCCCCCCCCCCCCCCCOCC(COP(=O)([O-])OCC[N+](C)(C)C)OC(=O)CCCCCCCCCCCCCCC. The molecule has 9 heteroatoms. The lowest BCUT2D eigenvalue weighted by atomic mass is 10.0. The molecule has 0 radical (unpaired) electrons. The van der Waals surface area contributed by atoms with Crippen molar-refractivity contribution >= 4 is 13.8 Å². The van der Waals surface area contributed by atoms with Crippen LogP contribution in [0.1, 0.15) is 219 Å². The number of likely N-dealkylation sites (N-methyl/N-ethyl adjacent to an activating group) is 1. The highest BCUT2D eigenvalue weighted by molar-refractivity contribution is 7.45. The van der Waals surface area contributed by atoms with Gasteiger partial charge in [-0.05, 0) is 12.8 Å². The maximum atomic E-state index is 12.7. The highest BCUT2D eigenvalue weighted by Crippen LogP contribution is 2.38. The first-order chi connectivity index (χ1) is 25.6. The molecule has 0 heterocycles. The number of hydrogen-bond acceptors (Lipinski definition) is 7. The van der Waals surface area contributed by atoms with Crippen molar-refractivity contribution in [2.24, 2.45) is 0 Å². The van der Waals surface area contributed by atoms with E-state index in [4.69, 9.17) is 18.5 Å². The van der Waals surface area contributed by atoms with Gasteiger partial charge in [-0.2, -0.15) is 0 Å². The molecular formula is C44H90NO7P. The van der Waals surface area contributed by atoms with Crippen LogP contribution < -0.4 is 4.89 Å². The quantitative estimate of drug-likeness (QED) is 0.0263. The van der Waals surface area contributed by atoms with Crippen molar-refractivity contribution in [1.82, 2.24) is 0 Å². The van der Waals surface area contributed by atoms with Gasteiger partial charge in [0.1, 0.15) is 19.3 Å². The number of ether oxygens (including phenoxy) is 2. The number of hydrogen-bond donors (Lipinski definition) is 0. The molecule has 2 atom stereocenters. The van der Waals surface area contributed by atoms with Crippen molar-refractivity contribution < 1.29 is 37.3 Å². The second kappa shape index (κ2) is 38.4. The van der Waals surface area contributed by atoms with Gasteiger partial charge in [-0.15, -0.1) is 0 Å². The Balaban J connectivity index is 4.14. The first kappa shape index (κ1) is 52.5. The number of phosphoric ester groups is 1. The zero-order valence-corrected chi connectivity index (χ0v) is 36.9. The fourth-order valence-corrected chi connectivity index (χ4v) is 7.34. The molecule has 0 fully saturated rings. The van der Waals surface area contributed by atoms with Gasteiger partial charge in [0.25, 0.3) is 7.82 Å². The molecule has 0 bridgehead atoms. The zero-order valence-electron chi connectivity index (χ0n) is 36.0. The van der Waals surface area contributed by atoms with Gasteiger partial charge >= 0.3 is 5.97 Å². The average Bonchev–Trinajstić information content (AvgIpc) is 3.11. The Morgan fingerprint density at radius 1 is 0.509 bits per heavy atom. The first-order valence-electron chi connectivity index (χ1n) is 22.8. The lowest BCUT2D eigenvalue weighted by Gasteiger charge is -2.28. The Morgan fingerprint density at radius 3 is 1.25 bits per heavy atom. The minimum Gasteiger partial charge on any atom is -0.756 e. The molecule has 0 aliphatic carbocycles. The molecule has 0 aliphatic rings. The van der Waals surface area contributed by atoms with Crippen LogP contribution >= 0.6 is 7.82 Å². The highest BCUT2D eigenvalue weighted by atomic mass is 31.2. The molecule has 8 nitrogen and oxygen atoms in total. The molecule has 0 amide bonds. The van der Waals surface area contributed by atoms with Gasteiger partial charge < -0.3 is 27.9 Å². The third-order valence-corrected chi connectivity index (χ3v) is 11.1. The number of unbranched alkanes of at least 4 members (excludes halogenated alkanes) is 29. The molecule has 0 N–H and O–H groups in total. The molecule has 0 aromatic rings. The number of nitrogens with zero attached hydrogens (tertiary/aromatic N) is 1. The van der Waals surface area contributed by atoms with Crippen LogP contribution in [-0.2, 0) is 27.9 Å². The Bertz CT molecular complexity index is 822. The normalized spacial score (nSPS) is 13.7. The van der Waals surface area contributed by atoms with E-state index in [0.29, 0.717) is 24.1 Å². The van der Waals surface area contributed by atoms with E-state index >= 15 is 0 Å². The van der Waals surface area contributed by atoms with Crippen LogP contribution in [0.15, 0.2) is 0 Å². The van der Waals surface area contributed by atoms with Gasteiger partial charge in [0.05, 0.1) is 34.4 Å². The molecule has 2 unspecified atom stereocenters. The minimum atomic E-state index is -4.51. The van der Waals surface area contributed by atoms with Crippen molar-refractivity contribution in [2.45, 2.75) is 225 Å². The van der Waals surface area contributed by atoms with E-state index in [1.165, 1.54) is 167 Å². The first-order valence-corrected chi connectivity index (χ1v) is 24.2. The van der Waals surface area contributed by atoms with Crippen molar-refractivity contribution in [3.8, 4) is 0 Å². The minimum absolute atomic E-state index is 0.0314. The topological polar surface area (TPSA) is 94.1 Å². The predicted octanol–water partition coefficient (Wildman–Crippen LogP) is 12.6. The Kier molecular flexibility index (Phi) is 38.0. The maximum Gasteiger partial charge on any atom is 0.306 e. The third kappa shape index (κ3) is 42.5. The van der Waals surface area contributed by atoms with Gasteiger partial charge in [0, 0.05) is 13.0 Å². The molecule has 0 saturated carbocycles. The summed E-state index contributed by atoms with van der Waals surface area (Å²) in [7, 11) is 1.37. The van der Waals surface area contributed by atoms with Crippen LogP contribution in [0.3, 0.4) is 0 Å². The van der Waals surface area contributed by atoms with Gasteiger partial charge in [-0.3, -0.25) is 9.36 Å². The van der Waals surface area contributed by atoms with E-state index in [1.54, 1.807) is 0 Å². The summed E-state index contributed by atoms with van der Waals surface area (Å²) < 4.78 is 34.6. The lowest BCUT2D eigenvalue weighted by Crippen LogP contribution is -2.37. The molecule has 53 heavy (non-hydrogen) atoms. The van der Waals surface area contributed by atoms with Crippen LogP contribution in [0, 0.1) is 0 Å². The van der Waals surface area contributed by atoms with Crippen molar-refractivity contribution in [3.63, 3.8) is 0 Å². The molecule has 0 aliphatic heterocycles. The smallest absolute Gasteiger partial charge is 0.306 e. The molecule has 0 aromatic heterocycles. The standard InChI is InChI=1S/C44H90NO7P/c1-6-8-10-12-14-16-18-20-21-22-23-24-26-28-30-32-34-36-39-49-41-43(42-51-53(47,48)50-40-38-45(3,4)5)52-44(46)37-35-33-31-29-27-25-19-17-15-13-11-9-7-2/h43H,6-42H2,1-5H3. The summed E-state index contributed by atoms with van der Waals surface area (Å²) in [6, 6.07) is 0. The summed E-state index contributed by atoms with van der Waals surface area (Å²) in [5.41, 5.74) is 0. The summed E-state index contributed by atoms with van der Waals surface area (Å²) in [5, 5.41) is 0. The summed E-state index contributed by atoms with van der Waals surface area (Å²) in [5.74, 6) is -0.329. The van der Waals surface area contributed by atoms with E-state index in [2.05, 4.69) is 13.8 Å². The van der Waals surface area contributed by atoms with E-state index in [1.807, 2.05) is 21.1 Å². The average molecular weight is 776 g/mol. The number of phosphoric acid groups is 1. The zero-order chi connectivity index (χ0) is 39.1. The molecule has 0 rings (SSSR count). The van der Waals surface area contributed by atoms with Crippen LogP contribution in [0.2, 0.25) is 0 Å². The lowest BCUT2D eigenvalue weighted by molar-refractivity contribution is -0.870. The number of quaternary nitrogens is 1. The summed E-state index contributed by atoms with van der Waals surface area (Å²) in [6.45, 7) is 5.47. The van der Waals surface area contributed by atoms with E-state index in [9.17, 15) is 14.3 Å². The van der Waals surface area contributed by atoms with Crippen LogP contribution in [0.5, 0.6) is 0 Å². The molecule has 0 aromatic carbocycles. The van der Waals surface area contributed by atoms with Gasteiger partial charge in [-0.25, -0.2) is 0 Å². The Morgan fingerprint density at radius 2 is 0.868 bits per heavy atom. The monoisotopic (exact) mass is 776 g/mol. The van der Waals surface area contributed by atoms with Crippen molar-refractivity contribution in [1.29, 1.82) is 0 Å². The summed E-state index contributed by atoms with van der Waals surface area (Å²) in [6.07, 6.45) is 39.7. The molecule has 318 valence electrons. The predicted molar refractivity (Wildman–Crippen MR) is 222 cm³/mol. The Labute approximate surface area is 329 Å². The fraction of sp³-hybridized carbons (Fsp3) is 0.977. The van der Waals surface area contributed by atoms with Crippen LogP contribution in [-0.4, -0.2) is 70.7 Å². The van der Waals surface area contributed by atoms with E-state index < -0.39 is 13.9 Å². The van der Waals surface area contributed by atoms with Crippen molar-refractivity contribution in [3.05, 3.63) is 0 Å². The van der Waals surface area contributed by atoms with Crippen molar-refractivity contribution in [2.75, 3.05) is 54.1 Å². The highest BCUT2D eigenvalue weighted by Gasteiger charge is 2.20. The summed E-state index contributed by atoms with van der Waals surface area (Å²) >= 11 is 0. The second-order valence-corrected chi connectivity index (χ2v) is 18.2. The molecule has 0 saturated heterocycles. The number of carbonyl (C=O) groups is 1. The third-order valence-electron chi connectivity index (χ3n) is 10.2. The fourth-order valence-electron chi connectivity index (χ4n) is 6.61. The molecular weight excluding hydrogens is 685 g/mol. The van der Waals surface area contributed by atoms with Gasteiger partial charge in [0.2, 0.25) is 0 Å². The second-order valence-electron chi connectivity index (χ2n) is 16.8.